The maximum atomic E-state index is 5.94. The van der Waals surface area contributed by atoms with Crippen LogP contribution in [0.5, 0.6) is 0 Å². The summed E-state index contributed by atoms with van der Waals surface area (Å²) >= 11 is 0. The average Bonchev–Trinajstić information content (AvgIpc) is 2.70. The number of morpholine rings is 1. The van der Waals surface area contributed by atoms with Crippen LogP contribution in [-0.2, 0) is 11.3 Å². The molecule has 0 saturated carbocycles. The predicted molar refractivity (Wildman–Crippen MR) is 131 cm³/mol. The number of fused-ring (bicyclic) bond motifs is 1. The molecule has 0 amide bonds. The number of ether oxygens (including phenoxy) is 1. The number of nitrogens with zero attached hydrogens (tertiary/aromatic N) is 3. The first-order valence-corrected chi connectivity index (χ1v) is 10.3. The van der Waals surface area contributed by atoms with Crippen molar-refractivity contribution in [3.05, 3.63) is 42.2 Å². The zero-order valence-electron chi connectivity index (χ0n) is 17.7. The second-order valence-electron chi connectivity index (χ2n) is 7.70. The van der Waals surface area contributed by atoms with Gasteiger partial charge in [0.1, 0.15) is 0 Å². The summed E-state index contributed by atoms with van der Waals surface area (Å²) in [4.78, 5) is 11.8. The zero-order chi connectivity index (χ0) is 19.8. The third-order valence-corrected chi connectivity index (χ3v) is 4.83. The molecule has 3 rings (SSSR count). The summed E-state index contributed by atoms with van der Waals surface area (Å²) in [5.74, 6) is 1.49. The molecule has 1 unspecified atom stereocenters. The average molecular weight is 511 g/mol. The second kappa shape index (κ2) is 12.3. The SMILES string of the molecule is CCNC(=NCc1nccc2ccccc12)NCC1CN(CC(C)C)CCO1.I. The Bertz CT molecular complexity index is 777. The van der Waals surface area contributed by atoms with Crippen LogP contribution in [0.15, 0.2) is 41.5 Å². The molecule has 0 bridgehead atoms. The smallest absolute Gasteiger partial charge is 0.191 e. The topological polar surface area (TPSA) is 61.8 Å². The Morgan fingerprint density at radius 2 is 2.10 bits per heavy atom. The summed E-state index contributed by atoms with van der Waals surface area (Å²) in [7, 11) is 0. The highest BCUT2D eigenvalue weighted by Crippen LogP contribution is 2.16. The Morgan fingerprint density at radius 3 is 2.90 bits per heavy atom. The van der Waals surface area contributed by atoms with Crippen molar-refractivity contribution < 1.29 is 4.74 Å². The van der Waals surface area contributed by atoms with Gasteiger partial charge in [-0.1, -0.05) is 38.1 Å². The van der Waals surface area contributed by atoms with E-state index in [-0.39, 0.29) is 30.1 Å². The van der Waals surface area contributed by atoms with Crippen molar-refractivity contribution in [2.75, 3.05) is 39.3 Å². The maximum Gasteiger partial charge on any atom is 0.191 e. The highest BCUT2D eigenvalue weighted by atomic mass is 127. The Morgan fingerprint density at radius 1 is 1.28 bits per heavy atom. The van der Waals surface area contributed by atoms with Crippen LogP contribution in [0.3, 0.4) is 0 Å². The lowest BCUT2D eigenvalue weighted by Gasteiger charge is -2.34. The molecule has 1 aliphatic rings. The molecule has 1 aromatic heterocycles. The van der Waals surface area contributed by atoms with Crippen molar-refractivity contribution in [2.45, 2.75) is 33.4 Å². The third-order valence-electron chi connectivity index (χ3n) is 4.83. The van der Waals surface area contributed by atoms with Crippen LogP contribution in [0.25, 0.3) is 10.8 Å². The van der Waals surface area contributed by atoms with Crippen LogP contribution in [0.2, 0.25) is 0 Å². The lowest BCUT2D eigenvalue weighted by atomic mass is 10.1. The van der Waals surface area contributed by atoms with Gasteiger partial charge >= 0.3 is 0 Å². The van der Waals surface area contributed by atoms with Gasteiger partial charge in [-0.3, -0.25) is 9.88 Å². The monoisotopic (exact) mass is 511 g/mol. The van der Waals surface area contributed by atoms with Crippen molar-refractivity contribution in [2.24, 2.45) is 10.9 Å². The number of aliphatic imine (C=N–C) groups is 1. The maximum absolute atomic E-state index is 5.94. The minimum Gasteiger partial charge on any atom is -0.374 e. The van der Waals surface area contributed by atoms with E-state index in [0.717, 1.165) is 56.4 Å². The number of hydrogen-bond acceptors (Lipinski definition) is 4. The van der Waals surface area contributed by atoms with Crippen LogP contribution in [0, 0.1) is 5.92 Å². The largest absolute Gasteiger partial charge is 0.374 e. The number of nitrogens with one attached hydrogen (secondary N) is 2. The summed E-state index contributed by atoms with van der Waals surface area (Å²) in [5.41, 5.74) is 0.993. The van der Waals surface area contributed by atoms with Gasteiger partial charge in [0.05, 0.1) is 24.9 Å². The van der Waals surface area contributed by atoms with Gasteiger partial charge in [-0.05, 0) is 24.3 Å². The molecular weight excluding hydrogens is 477 g/mol. The second-order valence-corrected chi connectivity index (χ2v) is 7.70. The molecule has 2 N–H and O–H groups in total. The minimum atomic E-state index is 0. The molecule has 1 fully saturated rings. The summed E-state index contributed by atoms with van der Waals surface area (Å²) in [6.07, 6.45) is 2.04. The molecule has 1 aromatic carbocycles. The Labute approximate surface area is 191 Å². The molecule has 6 nitrogen and oxygen atoms in total. The van der Waals surface area contributed by atoms with Gasteiger partial charge in [0.15, 0.2) is 5.96 Å². The molecule has 1 atom stereocenters. The first-order chi connectivity index (χ1) is 13.7. The number of aromatic nitrogens is 1. The quantitative estimate of drug-likeness (QED) is 0.340. The first kappa shape index (κ1) is 23.8. The molecule has 29 heavy (non-hydrogen) atoms. The molecule has 0 radical (unpaired) electrons. The summed E-state index contributed by atoms with van der Waals surface area (Å²) in [6.45, 7) is 12.6. The summed E-state index contributed by atoms with van der Waals surface area (Å²) in [6, 6.07) is 10.3. The molecule has 0 aliphatic carbocycles. The van der Waals surface area contributed by atoms with Gasteiger partial charge in [0, 0.05) is 44.3 Å². The Balaban J connectivity index is 0.00000300. The number of halogens is 1. The minimum absolute atomic E-state index is 0. The van der Waals surface area contributed by atoms with Gasteiger partial charge in [0.2, 0.25) is 0 Å². The van der Waals surface area contributed by atoms with E-state index in [4.69, 9.17) is 9.73 Å². The van der Waals surface area contributed by atoms with Crippen molar-refractivity contribution in [1.82, 2.24) is 20.5 Å². The fourth-order valence-electron chi connectivity index (χ4n) is 3.60. The van der Waals surface area contributed by atoms with E-state index in [1.807, 2.05) is 24.4 Å². The molecule has 7 heteroatoms. The number of benzene rings is 1. The van der Waals surface area contributed by atoms with E-state index in [1.165, 1.54) is 5.39 Å². The number of pyridine rings is 1. The van der Waals surface area contributed by atoms with E-state index >= 15 is 0 Å². The van der Waals surface area contributed by atoms with Crippen LogP contribution < -0.4 is 10.6 Å². The Kier molecular flexibility index (Phi) is 10.1. The van der Waals surface area contributed by atoms with Gasteiger partial charge < -0.3 is 15.4 Å². The van der Waals surface area contributed by atoms with Crippen molar-refractivity contribution >= 4 is 40.7 Å². The highest BCUT2D eigenvalue weighted by molar-refractivity contribution is 14.0. The number of rotatable bonds is 7. The normalized spacial score (nSPS) is 17.9. The van der Waals surface area contributed by atoms with Crippen molar-refractivity contribution in [3.8, 4) is 0 Å². The molecule has 0 spiro atoms. The number of hydrogen-bond donors (Lipinski definition) is 2. The van der Waals surface area contributed by atoms with Crippen LogP contribution in [0.1, 0.15) is 26.5 Å². The van der Waals surface area contributed by atoms with Crippen LogP contribution in [-0.4, -0.2) is 61.3 Å². The van der Waals surface area contributed by atoms with Crippen LogP contribution in [0.4, 0.5) is 0 Å². The molecule has 2 heterocycles. The fourth-order valence-corrected chi connectivity index (χ4v) is 3.60. The third kappa shape index (κ3) is 7.38. The predicted octanol–water partition coefficient (Wildman–Crippen LogP) is 3.26. The molecule has 160 valence electrons. The van der Waals surface area contributed by atoms with Crippen LogP contribution >= 0.6 is 24.0 Å². The molecular formula is C22H34IN5O. The van der Waals surface area contributed by atoms with Gasteiger partial charge in [-0.2, -0.15) is 0 Å². The van der Waals surface area contributed by atoms with Crippen molar-refractivity contribution in [1.29, 1.82) is 0 Å². The van der Waals surface area contributed by atoms with Gasteiger partial charge in [-0.15, -0.1) is 24.0 Å². The summed E-state index contributed by atoms with van der Waals surface area (Å²) in [5, 5.41) is 9.12. The summed E-state index contributed by atoms with van der Waals surface area (Å²) < 4.78 is 5.94. The van der Waals surface area contributed by atoms with Gasteiger partial charge in [-0.25, -0.2) is 4.99 Å². The van der Waals surface area contributed by atoms with Crippen molar-refractivity contribution in [3.63, 3.8) is 0 Å². The van der Waals surface area contributed by atoms with E-state index in [2.05, 4.69) is 53.4 Å². The van der Waals surface area contributed by atoms with Gasteiger partial charge in [0.25, 0.3) is 0 Å². The van der Waals surface area contributed by atoms with E-state index in [0.29, 0.717) is 12.5 Å². The van der Waals surface area contributed by atoms with E-state index in [1.54, 1.807) is 0 Å². The molecule has 1 saturated heterocycles. The van der Waals surface area contributed by atoms with E-state index < -0.39 is 0 Å². The fraction of sp³-hybridized carbons (Fsp3) is 0.545. The standard InChI is InChI=1S/C22H33N5O.HI/c1-4-23-22(25-13-19-16-27(11-12-28-19)15-17(2)3)26-14-21-20-8-6-5-7-18(20)9-10-24-21;/h5-10,17,19H,4,11-16H2,1-3H3,(H2,23,25,26);1H. The van der Waals surface area contributed by atoms with E-state index in [9.17, 15) is 0 Å². The zero-order valence-corrected chi connectivity index (χ0v) is 20.1. The molecule has 2 aromatic rings. The first-order valence-electron chi connectivity index (χ1n) is 10.3. The number of guanidine groups is 1. The molecule has 1 aliphatic heterocycles. The lowest BCUT2D eigenvalue weighted by molar-refractivity contribution is -0.0284. The highest BCUT2D eigenvalue weighted by Gasteiger charge is 2.21. The lowest BCUT2D eigenvalue weighted by Crippen LogP contribution is -2.50. The Hall–Kier alpha value is -1.45.